The molecule has 0 fully saturated rings. The molecule has 0 radical (unpaired) electrons. The first kappa shape index (κ1) is 14.4. The third-order valence-corrected chi connectivity index (χ3v) is 3.17. The Morgan fingerprint density at radius 3 is 2.70 bits per heavy atom. The van der Waals surface area contributed by atoms with Crippen LogP contribution in [0.1, 0.15) is 25.5 Å². The van der Waals surface area contributed by atoms with Crippen molar-refractivity contribution in [2.75, 3.05) is 0 Å². The number of hydrogen-bond acceptors (Lipinski definition) is 3. The third-order valence-electron chi connectivity index (χ3n) is 2.93. The van der Waals surface area contributed by atoms with Crippen LogP contribution < -0.4 is 16.0 Å². The molecule has 106 valence electrons. The summed E-state index contributed by atoms with van der Waals surface area (Å²) in [4.78, 5) is 25.9. The molecule has 0 aliphatic heterocycles. The van der Waals surface area contributed by atoms with Crippen molar-refractivity contribution in [1.82, 2.24) is 9.55 Å². The minimum Gasteiger partial charge on any atom is -0.471 e. The molecule has 6 heteroatoms. The Labute approximate surface area is 120 Å². The number of ether oxygens (including phenoxy) is 1. The number of benzene rings is 1. The Morgan fingerprint density at radius 1 is 1.35 bits per heavy atom. The van der Waals surface area contributed by atoms with Crippen molar-refractivity contribution in [3.8, 4) is 5.88 Å². The van der Waals surface area contributed by atoms with Crippen molar-refractivity contribution in [3.63, 3.8) is 0 Å². The van der Waals surface area contributed by atoms with Gasteiger partial charge in [0.05, 0.1) is 6.07 Å². The van der Waals surface area contributed by atoms with E-state index in [0.29, 0.717) is 11.6 Å². The van der Waals surface area contributed by atoms with Crippen molar-refractivity contribution in [2.45, 2.75) is 26.5 Å². The molecule has 1 atom stereocenters. The van der Waals surface area contributed by atoms with Gasteiger partial charge >= 0.3 is 5.69 Å². The highest BCUT2D eigenvalue weighted by Crippen LogP contribution is 2.21. The van der Waals surface area contributed by atoms with Crippen LogP contribution in [-0.4, -0.2) is 9.55 Å². The summed E-state index contributed by atoms with van der Waals surface area (Å²) in [5.74, 6) is 0.150. The predicted molar refractivity (Wildman–Crippen MR) is 77.5 cm³/mol. The molecule has 2 aromatic rings. The zero-order valence-electron chi connectivity index (χ0n) is 11.2. The second-order valence-electron chi connectivity index (χ2n) is 4.34. The van der Waals surface area contributed by atoms with Crippen LogP contribution in [0.15, 0.2) is 39.9 Å². The van der Waals surface area contributed by atoms with E-state index in [1.165, 1.54) is 6.07 Å². The quantitative estimate of drug-likeness (QED) is 0.941. The van der Waals surface area contributed by atoms with Gasteiger partial charge in [0.15, 0.2) is 0 Å². The fourth-order valence-electron chi connectivity index (χ4n) is 1.88. The molecule has 0 unspecified atom stereocenters. The van der Waals surface area contributed by atoms with Gasteiger partial charge in [0.2, 0.25) is 5.88 Å². The topological polar surface area (TPSA) is 64.1 Å². The lowest BCUT2D eigenvalue weighted by molar-refractivity contribution is 0.215. The fraction of sp³-hybridized carbons (Fsp3) is 0.286. The number of nitrogens with zero attached hydrogens (tertiary/aromatic N) is 1. The van der Waals surface area contributed by atoms with Gasteiger partial charge in [0.25, 0.3) is 5.56 Å². The van der Waals surface area contributed by atoms with E-state index in [1.807, 2.05) is 19.1 Å². The van der Waals surface area contributed by atoms with E-state index in [1.54, 1.807) is 19.1 Å². The maximum Gasteiger partial charge on any atom is 0.331 e. The normalized spacial score (nSPS) is 12.2. The molecule has 0 spiro atoms. The zero-order chi connectivity index (χ0) is 14.7. The van der Waals surface area contributed by atoms with Gasteiger partial charge in [-0.1, -0.05) is 23.7 Å². The fourth-order valence-corrected chi connectivity index (χ4v) is 2.08. The van der Waals surface area contributed by atoms with E-state index in [-0.39, 0.29) is 17.5 Å². The van der Waals surface area contributed by atoms with Gasteiger partial charge in [-0.15, -0.1) is 0 Å². The zero-order valence-corrected chi connectivity index (χ0v) is 12.0. The Morgan fingerprint density at radius 2 is 2.10 bits per heavy atom. The largest absolute Gasteiger partial charge is 0.471 e. The standard InChI is InChI=1S/C14H15ClN2O3/c1-3-17-13(18)8-12(16-14(17)19)20-9(2)10-5-4-6-11(15)7-10/h4-9H,3H2,1-2H3,(H,16,19)/t9-/m0/s1. The van der Waals surface area contributed by atoms with Crippen molar-refractivity contribution >= 4 is 11.6 Å². The first-order chi connectivity index (χ1) is 9.51. The first-order valence-corrected chi connectivity index (χ1v) is 6.65. The van der Waals surface area contributed by atoms with Crippen LogP contribution in [0.25, 0.3) is 0 Å². The smallest absolute Gasteiger partial charge is 0.331 e. The van der Waals surface area contributed by atoms with Gasteiger partial charge < -0.3 is 4.74 Å². The minimum atomic E-state index is -0.478. The lowest BCUT2D eigenvalue weighted by Gasteiger charge is -2.15. The molecule has 20 heavy (non-hydrogen) atoms. The molecule has 5 nitrogen and oxygen atoms in total. The van der Waals surface area contributed by atoms with E-state index in [9.17, 15) is 9.59 Å². The Hall–Kier alpha value is -2.01. The van der Waals surface area contributed by atoms with Crippen LogP contribution in [0.4, 0.5) is 0 Å². The number of halogens is 1. The number of rotatable bonds is 4. The molecule has 1 aromatic heterocycles. The lowest BCUT2D eigenvalue weighted by atomic mass is 10.1. The molecule has 2 rings (SSSR count). The van der Waals surface area contributed by atoms with Gasteiger partial charge in [-0.25, -0.2) is 4.79 Å². The molecular weight excluding hydrogens is 280 g/mol. The molecule has 0 saturated heterocycles. The molecule has 0 aliphatic rings. The summed E-state index contributed by atoms with van der Waals surface area (Å²) in [7, 11) is 0. The number of aromatic nitrogens is 2. The van der Waals surface area contributed by atoms with Crippen LogP contribution in [0, 0.1) is 0 Å². The van der Waals surface area contributed by atoms with E-state index in [2.05, 4.69) is 4.98 Å². The highest BCUT2D eigenvalue weighted by Gasteiger charge is 2.10. The van der Waals surface area contributed by atoms with Crippen LogP contribution in [0.5, 0.6) is 5.88 Å². The molecular formula is C14H15ClN2O3. The highest BCUT2D eigenvalue weighted by atomic mass is 35.5. The number of aromatic amines is 1. The van der Waals surface area contributed by atoms with Crippen LogP contribution in [0.3, 0.4) is 0 Å². The molecule has 0 saturated carbocycles. The van der Waals surface area contributed by atoms with Gasteiger partial charge in [0, 0.05) is 11.6 Å². The molecule has 1 aromatic carbocycles. The van der Waals surface area contributed by atoms with Crippen molar-refractivity contribution in [3.05, 3.63) is 61.8 Å². The van der Waals surface area contributed by atoms with Gasteiger partial charge in [0.1, 0.15) is 6.10 Å². The maximum absolute atomic E-state index is 11.7. The van der Waals surface area contributed by atoms with Gasteiger partial charge in [-0.3, -0.25) is 14.3 Å². The SMILES string of the molecule is CCn1c(=O)cc(O[C@@H](C)c2cccc(Cl)c2)[nH]c1=O. The molecule has 0 bridgehead atoms. The highest BCUT2D eigenvalue weighted by molar-refractivity contribution is 6.30. The monoisotopic (exact) mass is 294 g/mol. The molecule has 0 amide bonds. The molecule has 0 aliphatic carbocycles. The Balaban J connectivity index is 2.26. The van der Waals surface area contributed by atoms with Crippen molar-refractivity contribution < 1.29 is 4.74 Å². The van der Waals surface area contributed by atoms with Crippen molar-refractivity contribution in [2.24, 2.45) is 0 Å². The summed E-state index contributed by atoms with van der Waals surface area (Å²) in [6.45, 7) is 3.86. The summed E-state index contributed by atoms with van der Waals surface area (Å²) in [5, 5.41) is 0.604. The Kier molecular flexibility index (Phi) is 4.29. The lowest BCUT2D eigenvalue weighted by Crippen LogP contribution is -2.34. The van der Waals surface area contributed by atoms with E-state index >= 15 is 0 Å². The minimum absolute atomic E-state index is 0.150. The number of nitrogens with one attached hydrogen (secondary N) is 1. The van der Waals surface area contributed by atoms with Gasteiger partial charge in [-0.05, 0) is 31.5 Å². The number of H-pyrrole nitrogens is 1. The average molecular weight is 295 g/mol. The summed E-state index contributed by atoms with van der Waals surface area (Å²) < 4.78 is 6.68. The second kappa shape index (κ2) is 5.96. The van der Waals surface area contributed by atoms with Gasteiger partial charge in [-0.2, -0.15) is 0 Å². The first-order valence-electron chi connectivity index (χ1n) is 6.27. The summed E-state index contributed by atoms with van der Waals surface area (Å²) in [5.41, 5.74) is -0.00384. The van der Waals surface area contributed by atoms with Crippen molar-refractivity contribution in [1.29, 1.82) is 0 Å². The van der Waals surface area contributed by atoms with E-state index in [0.717, 1.165) is 10.1 Å². The predicted octanol–water partition coefficient (Wildman–Crippen LogP) is 2.35. The van der Waals surface area contributed by atoms with Crippen LogP contribution in [0.2, 0.25) is 5.02 Å². The number of hydrogen-bond donors (Lipinski definition) is 1. The Bertz CT molecular complexity index is 690. The molecule has 1 N–H and O–H groups in total. The van der Waals surface area contributed by atoms with E-state index < -0.39 is 5.69 Å². The maximum atomic E-state index is 11.7. The second-order valence-corrected chi connectivity index (χ2v) is 4.77. The summed E-state index contributed by atoms with van der Waals surface area (Å²) in [6, 6.07) is 8.49. The summed E-state index contributed by atoms with van der Waals surface area (Å²) >= 11 is 5.92. The van der Waals surface area contributed by atoms with E-state index in [4.69, 9.17) is 16.3 Å². The summed E-state index contributed by atoms with van der Waals surface area (Å²) in [6.07, 6.45) is -0.332. The van der Waals surface area contributed by atoms with Crippen LogP contribution in [-0.2, 0) is 6.54 Å². The third kappa shape index (κ3) is 3.11. The average Bonchev–Trinajstić information content (AvgIpc) is 2.38. The molecule has 1 heterocycles. The van der Waals surface area contributed by atoms with Crippen LogP contribution >= 0.6 is 11.6 Å².